The van der Waals surface area contributed by atoms with Crippen LogP contribution in [0.4, 0.5) is 0 Å². The monoisotopic (exact) mass is 752 g/mol. The molecule has 0 saturated carbocycles. The number of hydrogen-bond acceptors (Lipinski definition) is 14. The zero-order chi connectivity index (χ0) is 38.0. The molecule has 6 aliphatic heterocycles. The Labute approximate surface area is 311 Å². The summed E-state index contributed by atoms with van der Waals surface area (Å²) in [6.07, 6.45) is -6.45. The summed E-state index contributed by atoms with van der Waals surface area (Å²) in [5.74, 6) is -0.606. The maximum Gasteiger partial charge on any atom is 0.164 e. The van der Waals surface area contributed by atoms with E-state index in [1.807, 2.05) is 0 Å². The third-order valence-corrected chi connectivity index (χ3v) is 12.5. The van der Waals surface area contributed by atoms with Crippen LogP contribution >= 0.6 is 0 Å². The number of ether oxygens (including phenoxy) is 6. The second kappa shape index (κ2) is 18.1. The lowest BCUT2D eigenvalue weighted by atomic mass is 9.81. The highest BCUT2D eigenvalue weighted by Gasteiger charge is 2.52. The van der Waals surface area contributed by atoms with Gasteiger partial charge in [-0.2, -0.15) is 0 Å². The molecule has 6 fully saturated rings. The Morgan fingerprint density at radius 3 is 2.26 bits per heavy atom. The van der Waals surface area contributed by atoms with Gasteiger partial charge in [0.25, 0.3) is 0 Å². The van der Waals surface area contributed by atoms with Gasteiger partial charge in [0.05, 0.1) is 73.8 Å². The summed E-state index contributed by atoms with van der Waals surface area (Å²) < 4.78 is 37.2. The van der Waals surface area contributed by atoms with Crippen molar-refractivity contribution in [1.82, 2.24) is 0 Å². The van der Waals surface area contributed by atoms with E-state index in [2.05, 4.69) is 13.5 Å². The van der Waals surface area contributed by atoms with Crippen molar-refractivity contribution in [3.8, 4) is 0 Å². The Morgan fingerprint density at radius 1 is 0.774 bits per heavy atom. The topological polar surface area (TPSA) is 208 Å². The Hall–Kier alpha value is -1.69. The van der Waals surface area contributed by atoms with E-state index >= 15 is 0 Å². The summed E-state index contributed by atoms with van der Waals surface area (Å²) in [5.41, 5.74) is 0.914. The molecule has 0 radical (unpaired) electrons. The summed E-state index contributed by atoms with van der Waals surface area (Å²) in [6.45, 7) is 6.00. The van der Waals surface area contributed by atoms with Crippen LogP contribution in [0.3, 0.4) is 0 Å². The van der Waals surface area contributed by atoms with E-state index in [9.17, 15) is 39.9 Å². The molecule has 300 valence electrons. The SMILES string of the molecule is C=C1C2C[C@@H]3OC(CC(O)CO)[C@H](OC)C3CC(=O)CC(O)CCC3CC(O)C4O[C@H](CC(=O)CCC5CC(=O)[C@H](CCC(C[C@H]1C)O2)O5)C(O)C4O3. The van der Waals surface area contributed by atoms with Crippen LogP contribution in [0.15, 0.2) is 12.2 Å². The van der Waals surface area contributed by atoms with Crippen molar-refractivity contribution in [3.63, 3.8) is 0 Å². The molecule has 14 nitrogen and oxygen atoms in total. The van der Waals surface area contributed by atoms with Crippen LogP contribution in [0, 0.1) is 11.8 Å². The summed E-state index contributed by atoms with van der Waals surface area (Å²) >= 11 is 0. The van der Waals surface area contributed by atoms with E-state index in [-0.39, 0.29) is 86.8 Å². The van der Waals surface area contributed by atoms with Crippen LogP contribution in [0.2, 0.25) is 0 Å². The molecule has 0 amide bonds. The van der Waals surface area contributed by atoms with Crippen LogP contribution in [0.25, 0.3) is 0 Å². The van der Waals surface area contributed by atoms with E-state index in [0.717, 1.165) is 12.0 Å². The Kier molecular flexibility index (Phi) is 14.0. The molecule has 7 bridgehead atoms. The van der Waals surface area contributed by atoms with Gasteiger partial charge in [0.15, 0.2) is 5.78 Å². The Morgan fingerprint density at radius 2 is 1.51 bits per heavy atom. The lowest BCUT2D eigenvalue weighted by Gasteiger charge is -2.38. The summed E-state index contributed by atoms with van der Waals surface area (Å²) in [4.78, 5) is 39.5. The highest BCUT2D eigenvalue weighted by molar-refractivity contribution is 5.85. The molecule has 6 heterocycles. The van der Waals surface area contributed by atoms with Crippen molar-refractivity contribution in [2.24, 2.45) is 11.8 Å². The summed E-state index contributed by atoms with van der Waals surface area (Å²) in [6, 6.07) is 0. The largest absolute Gasteiger partial charge is 0.394 e. The van der Waals surface area contributed by atoms with Crippen LogP contribution < -0.4 is 0 Å². The fraction of sp³-hybridized carbons (Fsp3) is 0.872. The number of aliphatic hydroxyl groups excluding tert-OH is 5. The van der Waals surface area contributed by atoms with Gasteiger partial charge in [0.2, 0.25) is 0 Å². The van der Waals surface area contributed by atoms with Gasteiger partial charge in [0, 0.05) is 64.4 Å². The minimum absolute atomic E-state index is 0.00244. The molecule has 53 heavy (non-hydrogen) atoms. The minimum atomic E-state index is -1.13. The van der Waals surface area contributed by atoms with Crippen molar-refractivity contribution in [3.05, 3.63) is 12.2 Å². The van der Waals surface area contributed by atoms with Gasteiger partial charge in [-0.05, 0) is 50.0 Å². The molecule has 6 rings (SSSR count). The molecule has 5 N–H and O–H groups in total. The van der Waals surface area contributed by atoms with Gasteiger partial charge in [-0.3, -0.25) is 14.4 Å². The van der Waals surface area contributed by atoms with Crippen LogP contribution in [-0.4, -0.2) is 148 Å². The standard InChI is InChI=1S/C39H60O14/c1-19-10-25-8-9-31-29(45)15-26(49-31)6-5-22(42)13-34-36(47)39-38(53-34)30(46)16-27(51-39)7-4-21(41)11-23(43)12-28-33(17-32(50-25)20(19)2)52-35(37(28)48-3)14-24(44)18-40/h19,21,24-28,30-41,44,46-47H,2,4-18H2,1,3H3/t19-,21?,24?,25?,26?,27?,28?,30?,31+,32?,33+,34-,35?,36?,37-,38?,39?/m1/s1. The normalized spacial score (nSPS) is 45.7. The van der Waals surface area contributed by atoms with E-state index in [4.69, 9.17) is 28.4 Å². The number of carbonyl (C=O) groups excluding carboxylic acids is 3. The van der Waals surface area contributed by atoms with Crippen molar-refractivity contribution < 1.29 is 68.3 Å². The predicted octanol–water partition coefficient (Wildman–Crippen LogP) is 1.27. The van der Waals surface area contributed by atoms with E-state index in [0.29, 0.717) is 32.1 Å². The second-order valence-corrected chi connectivity index (χ2v) is 16.5. The molecule has 0 aromatic carbocycles. The third kappa shape index (κ3) is 9.83. The molecule has 6 aliphatic rings. The zero-order valence-corrected chi connectivity index (χ0v) is 31.0. The van der Waals surface area contributed by atoms with Crippen LogP contribution in [-0.2, 0) is 42.8 Å². The predicted molar refractivity (Wildman–Crippen MR) is 187 cm³/mol. The second-order valence-electron chi connectivity index (χ2n) is 16.5. The highest BCUT2D eigenvalue weighted by Crippen LogP contribution is 2.42. The number of hydrogen-bond donors (Lipinski definition) is 5. The molecule has 12 unspecified atom stereocenters. The van der Waals surface area contributed by atoms with Gasteiger partial charge < -0.3 is 54.0 Å². The van der Waals surface area contributed by atoms with Crippen LogP contribution in [0.1, 0.15) is 96.8 Å². The van der Waals surface area contributed by atoms with Crippen molar-refractivity contribution in [2.45, 2.75) is 188 Å². The number of carbonyl (C=O) groups is 3. The van der Waals surface area contributed by atoms with E-state index in [1.165, 1.54) is 7.11 Å². The maximum atomic E-state index is 13.6. The summed E-state index contributed by atoms with van der Waals surface area (Å²) in [5, 5.41) is 52.8. The zero-order valence-electron chi connectivity index (χ0n) is 31.0. The lowest BCUT2D eigenvalue weighted by Crippen LogP contribution is -2.49. The minimum Gasteiger partial charge on any atom is -0.394 e. The van der Waals surface area contributed by atoms with Gasteiger partial charge in [-0.25, -0.2) is 0 Å². The van der Waals surface area contributed by atoms with Gasteiger partial charge in [-0.15, -0.1) is 0 Å². The fourth-order valence-electron chi connectivity index (χ4n) is 9.52. The number of methoxy groups -OCH3 is 1. The summed E-state index contributed by atoms with van der Waals surface area (Å²) in [7, 11) is 1.53. The van der Waals surface area contributed by atoms with Gasteiger partial charge >= 0.3 is 0 Å². The molecule has 0 aromatic heterocycles. The number of fused-ring (bicyclic) bond motifs is 7. The first-order valence-corrected chi connectivity index (χ1v) is 19.7. The maximum absolute atomic E-state index is 13.6. The number of rotatable bonds is 4. The van der Waals surface area contributed by atoms with Crippen molar-refractivity contribution >= 4 is 17.3 Å². The molecular formula is C39H60O14. The molecule has 0 aromatic rings. The number of aliphatic hydroxyl groups is 5. The molecule has 14 heteroatoms. The van der Waals surface area contributed by atoms with E-state index in [1.54, 1.807) is 0 Å². The quantitative estimate of drug-likeness (QED) is 0.257. The first kappa shape index (κ1) is 41.0. The van der Waals surface area contributed by atoms with Crippen molar-refractivity contribution in [1.29, 1.82) is 0 Å². The average Bonchev–Trinajstić information content (AvgIpc) is 3.75. The molecule has 0 spiro atoms. The Bertz CT molecular complexity index is 1290. The first-order chi connectivity index (χ1) is 25.3. The van der Waals surface area contributed by atoms with Gasteiger partial charge in [0.1, 0.15) is 36.0 Å². The van der Waals surface area contributed by atoms with Gasteiger partial charge in [-0.1, -0.05) is 13.5 Å². The van der Waals surface area contributed by atoms with E-state index < -0.39 is 91.9 Å². The molecule has 17 atom stereocenters. The molecule has 6 saturated heterocycles. The van der Waals surface area contributed by atoms with Crippen LogP contribution in [0.5, 0.6) is 0 Å². The highest BCUT2D eigenvalue weighted by atomic mass is 16.6. The fourth-order valence-corrected chi connectivity index (χ4v) is 9.52. The number of ketones is 3. The lowest BCUT2D eigenvalue weighted by molar-refractivity contribution is -0.165. The Balaban J connectivity index is 1.19. The first-order valence-electron chi connectivity index (χ1n) is 19.7. The smallest absolute Gasteiger partial charge is 0.164 e. The third-order valence-electron chi connectivity index (χ3n) is 12.5. The molecular weight excluding hydrogens is 692 g/mol. The average molecular weight is 753 g/mol. The number of Topliss-reactive ketones (excluding diaryl/α,β-unsaturated/α-hetero) is 3. The van der Waals surface area contributed by atoms with Crippen molar-refractivity contribution in [2.75, 3.05) is 13.7 Å². The molecule has 0 aliphatic carbocycles.